The molecule has 1 aromatic rings. The molecule has 0 radical (unpaired) electrons. The second-order valence-corrected chi connectivity index (χ2v) is 8.21. The summed E-state index contributed by atoms with van der Waals surface area (Å²) in [4.78, 5) is 24.5. The van der Waals surface area contributed by atoms with Gasteiger partial charge in [0.25, 0.3) is 0 Å². The quantitative estimate of drug-likeness (QED) is 0.718. The Kier molecular flexibility index (Phi) is 5.64. The molecule has 0 unspecified atom stereocenters. The number of methoxy groups -OCH3 is 1. The molecule has 138 valence electrons. The maximum atomic E-state index is 12.3. The number of benzene rings is 1. The Labute approximate surface area is 153 Å². The minimum atomic E-state index is -0.727. The van der Waals surface area contributed by atoms with E-state index in [1.165, 1.54) is 7.11 Å². The van der Waals surface area contributed by atoms with E-state index in [9.17, 15) is 9.59 Å². The van der Waals surface area contributed by atoms with Gasteiger partial charge in [0.1, 0.15) is 5.75 Å². The first-order chi connectivity index (χ1) is 11.5. The smallest absolute Gasteiger partial charge is 0.313 e. The fourth-order valence-electron chi connectivity index (χ4n) is 3.62. The summed E-state index contributed by atoms with van der Waals surface area (Å²) in [6.07, 6.45) is 1.50. The molecule has 1 heterocycles. The summed E-state index contributed by atoms with van der Waals surface area (Å²) in [6.45, 7) is 8.36. The average Bonchev–Trinajstić information content (AvgIpc) is 2.45. The first kappa shape index (κ1) is 19.5. The van der Waals surface area contributed by atoms with Gasteiger partial charge in [0.2, 0.25) is 0 Å². The van der Waals surface area contributed by atoms with Gasteiger partial charge in [-0.2, -0.15) is 0 Å². The van der Waals surface area contributed by atoms with E-state index in [1.807, 2.05) is 0 Å². The monoisotopic (exact) mass is 367 g/mol. The number of ether oxygens (including phenoxy) is 1. The van der Waals surface area contributed by atoms with E-state index in [0.29, 0.717) is 16.5 Å². The standard InChI is InChI=1S/C18H26ClN3O3/c1-17(2)9-12(10-18(3,4)22-17)20-15(23)16(24)21-13-7-6-11(19)8-14(13)25-5/h6-8,12,22H,9-10H2,1-5H3,(H,20,23)(H,21,24). The maximum Gasteiger partial charge on any atom is 0.313 e. The molecule has 1 aliphatic heterocycles. The van der Waals surface area contributed by atoms with Crippen LogP contribution in [-0.2, 0) is 9.59 Å². The highest BCUT2D eigenvalue weighted by Gasteiger charge is 2.38. The zero-order valence-corrected chi connectivity index (χ0v) is 16.1. The largest absolute Gasteiger partial charge is 0.495 e. The van der Waals surface area contributed by atoms with Crippen molar-refractivity contribution in [1.29, 1.82) is 0 Å². The summed E-state index contributed by atoms with van der Waals surface area (Å²) in [5.41, 5.74) is 0.170. The molecule has 0 bridgehead atoms. The summed E-state index contributed by atoms with van der Waals surface area (Å²) in [6, 6.07) is 4.72. The van der Waals surface area contributed by atoms with Crippen molar-refractivity contribution >= 4 is 29.1 Å². The predicted octanol–water partition coefficient (Wildman–Crippen LogP) is 2.71. The van der Waals surface area contributed by atoms with Crippen molar-refractivity contribution in [2.75, 3.05) is 12.4 Å². The fraction of sp³-hybridized carbons (Fsp3) is 0.556. The molecule has 3 N–H and O–H groups in total. The second kappa shape index (κ2) is 7.22. The molecule has 2 rings (SSSR count). The Morgan fingerprint density at radius 3 is 2.32 bits per heavy atom. The minimum Gasteiger partial charge on any atom is -0.495 e. The summed E-state index contributed by atoms with van der Waals surface area (Å²) >= 11 is 5.90. The summed E-state index contributed by atoms with van der Waals surface area (Å²) in [5, 5.41) is 9.44. The third-order valence-corrected chi connectivity index (χ3v) is 4.38. The molecule has 0 aliphatic carbocycles. The number of amides is 2. The van der Waals surface area contributed by atoms with Gasteiger partial charge in [-0.05, 0) is 52.7 Å². The molecular formula is C18H26ClN3O3. The number of carbonyl (C=O) groups is 2. The van der Waals surface area contributed by atoms with Crippen LogP contribution in [0.3, 0.4) is 0 Å². The van der Waals surface area contributed by atoms with Crippen molar-refractivity contribution < 1.29 is 14.3 Å². The van der Waals surface area contributed by atoms with Gasteiger partial charge in [-0.3, -0.25) is 9.59 Å². The molecule has 1 fully saturated rings. The zero-order valence-electron chi connectivity index (χ0n) is 15.3. The lowest BCUT2D eigenvalue weighted by Gasteiger charge is -2.46. The highest BCUT2D eigenvalue weighted by Crippen LogP contribution is 2.29. The molecule has 0 atom stereocenters. The lowest BCUT2D eigenvalue weighted by molar-refractivity contribution is -0.137. The number of hydrogen-bond acceptors (Lipinski definition) is 4. The average molecular weight is 368 g/mol. The third kappa shape index (κ3) is 5.34. The van der Waals surface area contributed by atoms with Crippen LogP contribution in [0.4, 0.5) is 5.69 Å². The van der Waals surface area contributed by atoms with Crippen LogP contribution in [0.1, 0.15) is 40.5 Å². The van der Waals surface area contributed by atoms with E-state index in [1.54, 1.807) is 18.2 Å². The topological polar surface area (TPSA) is 79.5 Å². The number of anilines is 1. The molecule has 2 amide bonds. The Morgan fingerprint density at radius 1 is 1.16 bits per heavy atom. The van der Waals surface area contributed by atoms with Crippen molar-refractivity contribution in [3.05, 3.63) is 23.2 Å². The van der Waals surface area contributed by atoms with Crippen LogP contribution < -0.4 is 20.7 Å². The Hall–Kier alpha value is -1.79. The lowest BCUT2D eigenvalue weighted by Crippen LogP contribution is -2.62. The van der Waals surface area contributed by atoms with Crippen LogP contribution >= 0.6 is 11.6 Å². The SMILES string of the molecule is COc1cc(Cl)ccc1NC(=O)C(=O)NC1CC(C)(C)NC(C)(C)C1. The first-order valence-corrected chi connectivity index (χ1v) is 8.64. The van der Waals surface area contributed by atoms with Gasteiger partial charge >= 0.3 is 11.8 Å². The molecule has 0 spiro atoms. The number of halogens is 1. The Bertz CT molecular complexity index is 658. The summed E-state index contributed by atoms with van der Waals surface area (Å²) < 4.78 is 5.17. The lowest BCUT2D eigenvalue weighted by atomic mass is 9.79. The third-order valence-electron chi connectivity index (χ3n) is 4.14. The second-order valence-electron chi connectivity index (χ2n) is 7.77. The highest BCUT2D eigenvalue weighted by molar-refractivity contribution is 6.40. The molecule has 6 nitrogen and oxygen atoms in total. The van der Waals surface area contributed by atoms with Gasteiger partial charge in [0, 0.05) is 28.2 Å². The molecule has 0 aromatic heterocycles. The fourth-order valence-corrected chi connectivity index (χ4v) is 3.78. The minimum absolute atomic E-state index is 0.0726. The molecule has 1 aromatic carbocycles. The van der Waals surface area contributed by atoms with Crippen LogP contribution in [0.5, 0.6) is 5.75 Å². The Morgan fingerprint density at radius 2 is 1.76 bits per heavy atom. The highest BCUT2D eigenvalue weighted by atomic mass is 35.5. The van der Waals surface area contributed by atoms with Crippen LogP contribution in [0.15, 0.2) is 18.2 Å². The van der Waals surface area contributed by atoms with Crippen LogP contribution in [-0.4, -0.2) is 36.0 Å². The molecule has 1 saturated heterocycles. The zero-order chi connectivity index (χ0) is 18.8. The molecule has 0 saturated carbocycles. The maximum absolute atomic E-state index is 12.3. The first-order valence-electron chi connectivity index (χ1n) is 8.26. The summed E-state index contributed by atoms with van der Waals surface area (Å²) in [7, 11) is 1.47. The van der Waals surface area contributed by atoms with Gasteiger partial charge < -0.3 is 20.7 Å². The van der Waals surface area contributed by atoms with Gasteiger partial charge in [-0.15, -0.1) is 0 Å². The van der Waals surface area contributed by atoms with Crippen molar-refractivity contribution in [2.45, 2.75) is 57.7 Å². The van der Waals surface area contributed by atoms with Gasteiger partial charge in [0.05, 0.1) is 12.8 Å². The van der Waals surface area contributed by atoms with E-state index >= 15 is 0 Å². The van der Waals surface area contributed by atoms with Crippen molar-refractivity contribution in [3.8, 4) is 5.75 Å². The number of nitrogens with one attached hydrogen (secondary N) is 3. The molecular weight excluding hydrogens is 342 g/mol. The van der Waals surface area contributed by atoms with Crippen molar-refractivity contribution in [3.63, 3.8) is 0 Å². The predicted molar refractivity (Wildman–Crippen MR) is 99.1 cm³/mol. The molecule has 25 heavy (non-hydrogen) atoms. The van der Waals surface area contributed by atoms with Gasteiger partial charge in [0.15, 0.2) is 0 Å². The molecule has 1 aliphatic rings. The van der Waals surface area contributed by atoms with E-state index in [0.717, 1.165) is 12.8 Å². The van der Waals surface area contributed by atoms with E-state index in [2.05, 4.69) is 43.6 Å². The van der Waals surface area contributed by atoms with Gasteiger partial charge in [-0.1, -0.05) is 11.6 Å². The number of hydrogen-bond donors (Lipinski definition) is 3. The van der Waals surface area contributed by atoms with Crippen molar-refractivity contribution in [2.24, 2.45) is 0 Å². The Balaban J connectivity index is 2.02. The number of carbonyl (C=O) groups excluding carboxylic acids is 2. The van der Waals surface area contributed by atoms with E-state index in [-0.39, 0.29) is 17.1 Å². The molecule has 7 heteroatoms. The van der Waals surface area contributed by atoms with Crippen LogP contribution in [0.25, 0.3) is 0 Å². The van der Waals surface area contributed by atoms with Crippen LogP contribution in [0.2, 0.25) is 5.02 Å². The number of piperidine rings is 1. The van der Waals surface area contributed by atoms with E-state index in [4.69, 9.17) is 16.3 Å². The van der Waals surface area contributed by atoms with Gasteiger partial charge in [-0.25, -0.2) is 0 Å². The number of rotatable bonds is 3. The van der Waals surface area contributed by atoms with Crippen molar-refractivity contribution in [1.82, 2.24) is 10.6 Å². The summed E-state index contributed by atoms with van der Waals surface area (Å²) in [5.74, 6) is -0.983. The van der Waals surface area contributed by atoms with Crippen LogP contribution in [0, 0.1) is 0 Å². The van der Waals surface area contributed by atoms with E-state index < -0.39 is 11.8 Å². The normalized spacial score (nSPS) is 19.1.